The largest absolute Gasteiger partial charge is 0.408 e. The molecular weight excluding hydrogens is 480 g/mol. The van der Waals surface area contributed by atoms with Gasteiger partial charge in [-0.1, -0.05) is 16.8 Å². The summed E-state index contributed by atoms with van der Waals surface area (Å²) in [5.74, 6) is -2.35. The Bertz CT molecular complexity index is 1260. The zero-order chi connectivity index (χ0) is 25.0. The summed E-state index contributed by atoms with van der Waals surface area (Å²) < 4.78 is 7.28. The first kappa shape index (κ1) is 24.2. The molecule has 0 aliphatic rings. The minimum atomic E-state index is -0.722. The van der Waals surface area contributed by atoms with Crippen molar-refractivity contribution in [2.45, 2.75) is 26.9 Å². The lowest BCUT2D eigenvalue weighted by molar-refractivity contribution is -0.389. The van der Waals surface area contributed by atoms with Crippen molar-refractivity contribution in [2.75, 3.05) is 13.1 Å². The fraction of sp³-hybridized carbons (Fsp3) is 0.375. The summed E-state index contributed by atoms with van der Waals surface area (Å²) >= 11 is 5.88. The summed E-state index contributed by atoms with van der Waals surface area (Å²) in [6.07, 6.45) is 0. The maximum absolute atomic E-state index is 12.1. The number of carbonyl (C=O) groups excluding carboxylic acids is 2. The summed E-state index contributed by atoms with van der Waals surface area (Å²) in [5.41, 5.74) is 0.768. The summed E-state index contributed by atoms with van der Waals surface area (Å²) in [7, 11) is 0. The van der Waals surface area contributed by atoms with Crippen LogP contribution in [0.4, 0.5) is 11.6 Å². The molecule has 0 aliphatic heterocycles. The van der Waals surface area contributed by atoms with Gasteiger partial charge in [-0.3, -0.25) is 9.59 Å². The van der Waals surface area contributed by atoms with Crippen molar-refractivity contribution in [3.63, 3.8) is 0 Å². The normalized spacial score (nSPS) is 10.8. The van der Waals surface area contributed by atoms with Gasteiger partial charge in [0, 0.05) is 13.1 Å². The molecule has 0 bridgehead atoms. The number of aryl methyl sites for hydroxylation is 1. The number of carbonyl (C=O) groups is 2. The van der Waals surface area contributed by atoms with Crippen molar-refractivity contribution in [3.8, 4) is 0 Å². The lowest BCUT2D eigenvalue weighted by Crippen LogP contribution is -2.36. The summed E-state index contributed by atoms with van der Waals surface area (Å²) in [6, 6.07) is 1.25. The Hall–Kier alpha value is -4.41. The second-order valence-electron chi connectivity index (χ2n) is 6.82. The number of amides is 2. The van der Waals surface area contributed by atoms with Crippen LogP contribution in [0.15, 0.2) is 10.6 Å². The smallest absolute Gasteiger partial charge is 0.358 e. The lowest BCUT2D eigenvalue weighted by Gasteiger charge is -2.05. The van der Waals surface area contributed by atoms with Gasteiger partial charge in [0.05, 0.1) is 27.7 Å². The van der Waals surface area contributed by atoms with Crippen LogP contribution in [0.3, 0.4) is 0 Å². The van der Waals surface area contributed by atoms with E-state index in [1.54, 1.807) is 6.92 Å². The van der Waals surface area contributed by atoms with Crippen LogP contribution in [0.25, 0.3) is 0 Å². The summed E-state index contributed by atoms with van der Waals surface area (Å²) in [6.45, 7) is 2.85. The molecule has 0 saturated heterocycles. The van der Waals surface area contributed by atoms with Gasteiger partial charge in [-0.25, -0.2) is 0 Å². The predicted octanol–water partition coefficient (Wildman–Crippen LogP) is 0.144. The van der Waals surface area contributed by atoms with E-state index in [2.05, 4.69) is 31.0 Å². The Morgan fingerprint density at radius 1 is 1.12 bits per heavy atom. The van der Waals surface area contributed by atoms with Gasteiger partial charge in [0.2, 0.25) is 5.91 Å². The van der Waals surface area contributed by atoms with Crippen molar-refractivity contribution < 1.29 is 24.0 Å². The average Bonchev–Trinajstić information content (AvgIpc) is 3.46. The Labute approximate surface area is 194 Å². The van der Waals surface area contributed by atoms with Crippen LogP contribution >= 0.6 is 11.6 Å². The van der Waals surface area contributed by atoms with Gasteiger partial charge in [0.25, 0.3) is 0 Å². The minimum absolute atomic E-state index is 0.0284. The molecule has 0 spiro atoms. The van der Waals surface area contributed by atoms with Crippen LogP contribution in [0.5, 0.6) is 0 Å². The third-order valence-electron chi connectivity index (χ3n) is 4.42. The molecule has 3 heterocycles. The summed E-state index contributed by atoms with van der Waals surface area (Å²) in [4.78, 5) is 48.3. The topological polar surface area (TPSA) is 219 Å². The molecule has 3 rings (SSSR count). The molecule has 34 heavy (non-hydrogen) atoms. The fourth-order valence-electron chi connectivity index (χ4n) is 2.71. The van der Waals surface area contributed by atoms with Crippen molar-refractivity contribution in [2.24, 2.45) is 0 Å². The van der Waals surface area contributed by atoms with E-state index < -0.39 is 27.5 Å². The fourth-order valence-corrected chi connectivity index (χ4v) is 2.92. The molecule has 2 amide bonds. The van der Waals surface area contributed by atoms with Gasteiger partial charge in [-0.05, 0) is 23.7 Å². The standard InChI is InChI=1S/C16H17ClN10O7/c1-8-5-11(26(30)31)21-24(8)7-12(28)18-3-4-19-15(29)16-20-10(23-34-16)6-25-9(2)13(17)14(22-25)27(32)33/h5H,3-4,6-7H2,1-2H3,(H,18,28)(H,19,29). The maximum atomic E-state index is 12.1. The van der Waals surface area contributed by atoms with E-state index in [0.29, 0.717) is 11.4 Å². The van der Waals surface area contributed by atoms with Gasteiger partial charge in [-0.15, -0.1) is 0 Å². The van der Waals surface area contributed by atoms with Gasteiger partial charge in [0.1, 0.15) is 13.1 Å². The van der Waals surface area contributed by atoms with E-state index in [-0.39, 0.29) is 48.7 Å². The number of hydrogen-bond acceptors (Lipinski definition) is 11. The molecule has 0 atom stereocenters. The number of aromatic nitrogens is 6. The minimum Gasteiger partial charge on any atom is -0.358 e. The lowest BCUT2D eigenvalue weighted by atomic mass is 10.4. The Morgan fingerprint density at radius 3 is 2.44 bits per heavy atom. The molecule has 3 aromatic rings. The van der Waals surface area contributed by atoms with Gasteiger partial charge < -0.3 is 35.4 Å². The number of halogens is 1. The molecule has 0 aromatic carbocycles. The number of hydrogen-bond donors (Lipinski definition) is 2. The SMILES string of the molecule is Cc1cc([N+](=O)[O-])nn1CC(=O)NCCNC(=O)c1nc(Cn2nc([N+](=O)[O-])c(Cl)c2C)no1. The van der Waals surface area contributed by atoms with E-state index in [1.165, 1.54) is 22.4 Å². The molecule has 0 radical (unpaired) electrons. The maximum Gasteiger partial charge on any atom is 0.408 e. The third kappa shape index (κ3) is 5.49. The highest BCUT2D eigenvalue weighted by Gasteiger charge is 2.25. The molecule has 180 valence electrons. The average molecular weight is 497 g/mol. The molecule has 0 fully saturated rings. The van der Waals surface area contributed by atoms with E-state index >= 15 is 0 Å². The molecule has 0 aliphatic carbocycles. The van der Waals surface area contributed by atoms with Crippen molar-refractivity contribution in [3.05, 3.63) is 54.4 Å². The van der Waals surface area contributed by atoms with Crippen LogP contribution in [-0.4, -0.2) is 64.5 Å². The molecule has 3 aromatic heterocycles. The summed E-state index contributed by atoms with van der Waals surface area (Å²) in [5, 5.41) is 37.6. The zero-order valence-corrected chi connectivity index (χ0v) is 18.5. The molecule has 0 saturated carbocycles. The molecule has 17 nitrogen and oxygen atoms in total. The van der Waals surface area contributed by atoms with Crippen molar-refractivity contribution in [1.29, 1.82) is 0 Å². The second kappa shape index (κ2) is 10.0. The van der Waals surface area contributed by atoms with E-state index in [9.17, 15) is 29.8 Å². The Balaban J connectivity index is 1.46. The first-order chi connectivity index (χ1) is 16.1. The second-order valence-corrected chi connectivity index (χ2v) is 7.20. The molecule has 18 heteroatoms. The van der Waals surface area contributed by atoms with Crippen molar-refractivity contribution >= 4 is 35.1 Å². The van der Waals surface area contributed by atoms with Gasteiger partial charge >= 0.3 is 23.4 Å². The molecular formula is C16H17ClN10O7. The highest BCUT2D eigenvalue weighted by atomic mass is 35.5. The molecule has 0 unspecified atom stereocenters. The van der Waals surface area contributed by atoms with Crippen LogP contribution in [0, 0.1) is 34.1 Å². The number of nitrogens with one attached hydrogen (secondary N) is 2. The van der Waals surface area contributed by atoms with Gasteiger partial charge in [0.15, 0.2) is 10.8 Å². The van der Waals surface area contributed by atoms with E-state index in [1.807, 2.05) is 0 Å². The third-order valence-corrected chi connectivity index (χ3v) is 4.87. The number of nitro groups is 2. The van der Waals surface area contributed by atoms with E-state index in [4.69, 9.17) is 16.1 Å². The van der Waals surface area contributed by atoms with Crippen molar-refractivity contribution in [1.82, 2.24) is 40.3 Å². The van der Waals surface area contributed by atoms with Gasteiger partial charge in [-0.2, -0.15) is 14.3 Å². The van der Waals surface area contributed by atoms with E-state index in [0.717, 1.165) is 0 Å². The van der Waals surface area contributed by atoms with Crippen LogP contribution in [-0.2, 0) is 17.9 Å². The monoisotopic (exact) mass is 496 g/mol. The first-order valence-electron chi connectivity index (χ1n) is 9.50. The number of nitrogens with zero attached hydrogens (tertiary/aromatic N) is 8. The van der Waals surface area contributed by atoms with Crippen LogP contribution in [0.2, 0.25) is 5.02 Å². The van der Waals surface area contributed by atoms with Crippen LogP contribution in [0.1, 0.15) is 27.9 Å². The highest BCUT2D eigenvalue weighted by molar-refractivity contribution is 6.33. The predicted molar refractivity (Wildman–Crippen MR) is 111 cm³/mol. The number of rotatable bonds is 10. The first-order valence-corrected chi connectivity index (χ1v) is 9.88. The highest BCUT2D eigenvalue weighted by Crippen LogP contribution is 2.26. The Morgan fingerprint density at radius 2 is 1.82 bits per heavy atom. The van der Waals surface area contributed by atoms with Crippen LogP contribution < -0.4 is 10.6 Å². The molecule has 2 N–H and O–H groups in total. The zero-order valence-electron chi connectivity index (χ0n) is 17.7. The quantitative estimate of drug-likeness (QED) is 0.218. The Kier molecular flexibility index (Phi) is 7.15.